The first-order valence-corrected chi connectivity index (χ1v) is 14.7. The highest BCUT2D eigenvalue weighted by Gasteiger charge is 2.22. The monoisotopic (exact) mass is 570 g/mol. The second kappa shape index (κ2) is 17.3. The lowest BCUT2D eigenvalue weighted by molar-refractivity contribution is -0.139. The van der Waals surface area contributed by atoms with Gasteiger partial charge in [0.25, 0.3) is 0 Å². The van der Waals surface area contributed by atoms with Gasteiger partial charge in [0.2, 0.25) is 0 Å². The van der Waals surface area contributed by atoms with Crippen LogP contribution in [0.5, 0.6) is 11.5 Å². The number of benzene rings is 2. The van der Waals surface area contributed by atoms with Crippen LogP contribution in [0.4, 0.5) is 9.18 Å². The zero-order valence-electron chi connectivity index (χ0n) is 24.4. The Labute approximate surface area is 243 Å². The number of unbranched alkanes of at least 4 members (excludes halogenated alkanes) is 6. The van der Waals surface area contributed by atoms with Crippen LogP contribution in [0.15, 0.2) is 48.6 Å². The minimum atomic E-state index is -0.662. The molecule has 8 heteroatoms. The highest BCUT2D eigenvalue weighted by atomic mass is 19.1. The molecule has 0 bridgehead atoms. The first kappa shape index (κ1) is 32.0. The standard InChI is InChI=1S/C33H43FO7/c1-4-5-6-7-8-10-17-37-31-16-14-27(20-29(31)34)26-13-15-30(39-21-25-22-40-33(36)41-23-25)28(19-26)12-9-11-18-38-32(35)24(2)3/h13-16,19-20,25H,2,4-12,17-18,21-23H2,1,3H3. The molecule has 0 N–H and O–H groups in total. The van der Waals surface area contributed by atoms with Crippen LogP contribution in [-0.4, -0.2) is 45.2 Å². The van der Waals surface area contributed by atoms with Crippen LogP contribution in [0.25, 0.3) is 11.1 Å². The quantitative estimate of drug-likeness (QED) is 0.103. The van der Waals surface area contributed by atoms with E-state index in [1.54, 1.807) is 13.0 Å². The van der Waals surface area contributed by atoms with Crippen LogP contribution in [0.3, 0.4) is 0 Å². The first-order valence-electron chi connectivity index (χ1n) is 14.7. The van der Waals surface area contributed by atoms with Crippen molar-refractivity contribution in [3.05, 3.63) is 59.9 Å². The summed E-state index contributed by atoms with van der Waals surface area (Å²) in [5.74, 6) is 0.111. The van der Waals surface area contributed by atoms with Crippen molar-refractivity contribution in [1.29, 1.82) is 0 Å². The fraction of sp³-hybridized carbons (Fsp3) is 0.515. The molecule has 1 heterocycles. The smallest absolute Gasteiger partial charge is 0.493 e. The van der Waals surface area contributed by atoms with Crippen molar-refractivity contribution in [3.63, 3.8) is 0 Å². The molecule has 224 valence electrons. The maximum absolute atomic E-state index is 14.9. The molecule has 0 saturated carbocycles. The number of esters is 1. The number of ether oxygens (including phenoxy) is 5. The highest BCUT2D eigenvalue weighted by Crippen LogP contribution is 2.31. The molecular weight excluding hydrogens is 527 g/mol. The molecule has 0 aliphatic carbocycles. The first-order chi connectivity index (χ1) is 19.9. The molecule has 3 rings (SSSR count). The molecular formula is C33H43FO7. The third-order valence-electron chi connectivity index (χ3n) is 6.85. The van der Waals surface area contributed by atoms with E-state index in [9.17, 15) is 14.0 Å². The van der Waals surface area contributed by atoms with Gasteiger partial charge in [0.05, 0.1) is 25.7 Å². The van der Waals surface area contributed by atoms with Crippen molar-refractivity contribution in [1.82, 2.24) is 0 Å². The highest BCUT2D eigenvalue weighted by molar-refractivity contribution is 5.86. The van der Waals surface area contributed by atoms with Gasteiger partial charge in [0, 0.05) is 5.57 Å². The Morgan fingerprint density at radius 1 is 0.902 bits per heavy atom. The summed E-state index contributed by atoms with van der Waals surface area (Å²) in [6, 6.07) is 10.8. The Morgan fingerprint density at radius 2 is 1.56 bits per heavy atom. The zero-order valence-corrected chi connectivity index (χ0v) is 24.4. The lowest BCUT2D eigenvalue weighted by Crippen LogP contribution is -2.31. The van der Waals surface area contributed by atoms with Crippen LogP contribution >= 0.6 is 0 Å². The number of cyclic esters (lactones) is 2. The van der Waals surface area contributed by atoms with Gasteiger partial charge < -0.3 is 23.7 Å². The molecule has 0 amide bonds. The van der Waals surface area contributed by atoms with Gasteiger partial charge in [-0.3, -0.25) is 0 Å². The molecule has 41 heavy (non-hydrogen) atoms. The minimum Gasteiger partial charge on any atom is -0.493 e. The van der Waals surface area contributed by atoms with E-state index in [1.165, 1.54) is 31.7 Å². The third-order valence-corrected chi connectivity index (χ3v) is 6.85. The fourth-order valence-corrected chi connectivity index (χ4v) is 4.43. The SMILES string of the molecule is C=C(C)C(=O)OCCCCc1cc(-c2ccc(OCCCCCCCC)c(F)c2)ccc1OCC1COC(=O)OC1. The fourth-order valence-electron chi connectivity index (χ4n) is 4.43. The van der Waals surface area contributed by atoms with Crippen molar-refractivity contribution in [2.24, 2.45) is 5.92 Å². The number of aryl methyl sites for hydroxylation is 1. The number of halogens is 1. The summed E-state index contributed by atoms with van der Waals surface area (Å²) in [6.07, 6.45) is 8.33. The van der Waals surface area contributed by atoms with Gasteiger partial charge in [-0.05, 0) is 73.6 Å². The summed E-state index contributed by atoms with van der Waals surface area (Å²) in [5.41, 5.74) is 2.92. The van der Waals surface area contributed by atoms with E-state index in [1.807, 2.05) is 24.3 Å². The van der Waals surface area contributed by atoms with Gasteiger partial charge in [-0.25, -0.2) is 14.0 Å². The summed E-state index contributed by atoms with van der Waals surface area (Å²) in [6.45, 7) is 9.03. The summed E-state index contributed by atoms with van der Waals surface area (Å²) in [5, 5.41) is 0. The number of carbonyl (C=O) groups is 2. The van der Waals surface area contributed by atoms with Crippen LogP contribution in [0.1, 0.15) is 70.8 Å². The van der Waals surface area contributed by atoms with Crippen molar-refractivity contribution in [3.8, 4) is 22.6 Å². The second-order valence-electron chi connectivity index (χ2n) is 10.5. The van der Waals surface area contributed by atoms with Gasteiger partial charge in [-0.15, -0.1) is 0 Å². The summed E-state index contributed by atoms with van der Waals surface area (Å²) >= 11 is 0. The van der Waals surface area contributed by atoms with Crippen LogP contribution in [-0.2, 0) is 25.4 Å². The van der Waals surface area contributed by atoms with E-state index in [4.69, 9.17) is 23.7 Å². The van der Waals surface area contributed by atoms with E-state index < -0.39 is 12.1 Å². The van der Waals surface area contributed by atoms with Crippen molar-refractivity contribution >= 4 is 12.1 Å². The molecule has 1 saturated heterocycles. The molecule has 1 fully saturated rings. The van der Waals surface area contributed by atoms with Crippen LogP contribution in [0.2, 0.25) is 0 Å². The third kappa shape index (κ3) is 11.1. The van der Waals surface area contributed by atoms with Gasteiger partial charge in [0.1, 0.15) is 19.0 Å². The molecule has 7 nitrogen and oxygen atoms in total. The predicted octanol–water partition coefficient (Wildman–Crippen LogP) is 7.84. The number of hydrogen-bond donors (Lipinski definition) is 0. The van der Waals surface area contributed by atoms with Crippen LogP contribution < -0.4 is 9.47 Å². The molecule has 0 spiro atoms. The van der Waals surface area contributed by atoms with Crippen LogP contribution in [0, 0.1) is 11.7 Å². The van der Waals surface area contributed by atoms with E-state index in [0.717, 1.165) is 36.0 Å². The molecule has 0 unspecified atom stereocenters. The largest absolute Gasteiger partial charge is 0.508 e. The Balaban J connectivity index is 1.62. The van der Waals surface area contributed by atoms with Gasteiger partial charge in [-0.1, -0.05) is 57.7 Å². The second-order valence-corrected chi connectivity index (χ2v) is 10.5. The Morgan fingerprint density at radius 3 is 2.27 bits per heavy atom. The predicted molar refractivity (Wildman–Crippen MR) is 156 cm³/mol. The number of hydrogen-bond acceptors (Lipinski definition) is 7. The normalized spacial score (nSPS) is 13.3. The number of carbonyl (C=O) groups excluding carboxylic acids is 2. The molecule has 0 atom stereocenters. The van der Waals surface area contributed by atoms with E-state index in [0.29, 0.717) is 44.0 Å². The molecule has 0 radical (unpaired) electrons. The Kier molecular flexibility index (Phi) is 13.5. The van der Waals surface area contributed by atoms with E-state index in [2.05, 4.69) is 13.5 Å². The van der Waals surface area contributed by atoms with Crippen molar-refractivity contribution in [2.75, 3.05) is 33.0 Å². The minimum absolute atomic E-state index is 0.0697. The van der Waals surface area contributed by atoms with E-state index >= 15 is 0 Å². The number of rotatable bonds is 18. The Hall–Kier alpha value is -3.55. The maximum atomic E-state index is 14.9. The van der Waals surface area contributed by atoms with Gasteiger partial charge in [-0.2, -0.15) is 0 Å². The van der Waals surface area contributed by atoms with Gasteiger partial charge >= 0.3 is 12.1 Å². The zero-order chi connectivity index (χ0) is 29.5. The lowest BCUT2D eigenvalue weighted by Gasteiger charge is -2.22. The summed E-state index contributed by atoms with van der Waals surface area (Å²) < 4.78 is 41.8. The summed E-state index contributed by atoms with van der Waals surface area (Å²) in [7, 11) is 0. The average Bonchev–Trinajstić information content (AvgIpc) is 2.97. The lowest BCUT2D eigenvalue weighted by atomic mass is 9.99. The molecule has 1 aliphatic rings. The summed E-state index contributed by atoms with van der Waals surface area (Å²) in [4.78, 5) is 22.8. The average molecular weight is 571 g/mol. The van der Waals surface area contributed by atoms with E-state index in [-0.39, 0.29) is 30.7 Å². The van der Waals surface area contributed by atoms with Gasteiger partial charge in [0.15, 0.2) is 11.6 Å². The Bertz CT molecular complexity index is 1140. The molecule has 1 aliphatic heterocycles. The topological polar surface area (TPSA) is 80.3 Å². The maximum Gasteiger partial charge on any atom is 0.508 e. The molecule has 2 aromatic carbocycles. The van der Waals surface area contributed by atoms with Crippen molar-refractivity contribution in [2.45, 2.75) is 71.6 Å². The van der Waals surface area contributed by atoms with Crippen molar-refractivity contribution < 1.29 is 37.7 Å². The molecule has 0 aromatic heterocycles. The molecule has 2 aromatic rings.